The standard InChI is InChI=1S/C21H19F2N3O2/c22-17-5-3-6-18(23)16(17)12-26(14-8-9-14)20(27)10-11-25-13-24-19-7-2-1-4-15(19)21(25)28/h1-7,13-14H,8-12H2. The minimum absolute atomic E-state index is 0.00189. The number of aryl methyl sites for hydroxylation is 1. The maximum absolute atomic E-state index is 14.0. The van der Waals surface area contributed by atoms with Gasteiger partial charge in [-0.1, -0.05) is 18.2 Å². The number of hydrogen-bond donors (Lipinski definition) is 0. The Hall–Kier alpha value is -3.09. The highest BCUT2D eigenvalue weighted by Crippen LogP contribution is 2.30. The third-order valence-electron chi connectivity index (χ3n) is 5.00. The Balaban J connectivity index is 1.50. The van der Waals surface area contributed by atoms with Crippen LogP contribution in [0.15, 0.2) is 53.6 Å². The minimum atomic E-state index is -0.659. The van der Waals surface area contributed by atoms with Crippen LogP contribution >= 0.6 is 0 Å². The monoisotopic (exact) mass is 383 g/mol. The Morgan fingerprint density at radius 3 is 2.54 bits per heavy atom. The predicted octanol–water partition coefficient (Wildman–Crippen LogP) is 3.26. The molecule has 0 aliphatic heterocycles. The Morgan fingerprint density at radius 1 is 1.11 bits per heavy atom. The molecular formula is C21H19F2N3O2. The van der Waals surface area contributed by atoms with E-state index in [4.69, 9.17) is 0 Å². The van der Waals surface area contributed by atoms with Gasteiger partial charge in [0.05, 0.1) is 23.8 Å². The Labute approximate surface area is 160 Å². The van der Waals surface area contributed by atoms with Gasteiger partial charge in [0, 0.05) is 24.6 Å². The fourth-order valence-electron chi connectivity index (χ4n) is 3.29. The highest BCUT2D eigenvalue weighted by atomic mass is 19.1. The highest BCUT2D eigenvalue weighted by Gasteiger charge is 2.33. The molecule has 1 amide bonds. The lowest BCUT2D eigenvalue weighted by Gasteiger charge is -2.23. The van der Waals surface area contributed by atoms with Crippen LogP contribution in [0.5, 0.6) is 0 Å². The molecule has 3 aromatic rings. The lowest BCUT2D eigenvalue weighted by molar-refractivity contribution is -0.132. The van der Waals surface area contributed by atoms with Crippen LogP contribution in [-0.4, -0.2) is 26.4 Å². The van der Waals surface area contributed by atoms with Crippen molar-refractivity contribution in [3.8, 4) is 0 Å². The molecule has 4 rings (SSSR count). The van der Waals surface area contributed by atoms with E-state index in [-0.39, 0.29) is 42.6 Å². The minimum Gasteiger partial charge on any atom is -0.335 e. The third-order valence-corrected chi connectivity index (χ3v) is 5.00. The number of rotatable bonds is 6. The summed E-state index contributed by atoms with van der Waals surface area (Å²) in [5, 5.41) is 0.491. The first-order chi connectivity index (χ1) is 13.5. The van der Waals surface area contributed by atoms with Gasteiger partial charge in [-0.25, -0.2) is 13.8 Å². The molecule has 28 heavy (non-hydrogen) atoms. The average molecular weight is 383 g/mol. The van der Waals surface area contributed by atoms with Crippen LogP contribution in [0.4, 0.5) is 8.78 Å². The summed E-state index contributed by atoms with van der Waals surface area (Å²) in [7, 11) is 0. The van der Waals surface area contributed by atoms with E-state index in [1.165, 1.54) is 34.0 Å². The van der Waals surface area contributed by atoms with Crippen molar-refractivity contribution in [2.45, 2.75) is 38.4 Å². The second-order valence-electron chi connectivity index (χ2n) is 6.96. The van der Waals surface area contributed by atoms with E-state index in [1.807, 2.05) is 0 Å². The quantitative estimate of drug-likeness (QED) is 0.657. The van der Waals surface area contributed by atoms with Crippen molar-refractivity contribution in [3.05, 3.63) is 76.3 Å². The van der Waals surface area contributed by atoms with E-state index >= 15 is 0 Å². The van der Waals surface area contributed by atoms with Gasteiger partial charge < -0.3 is 4.90 Å². The summed E-state index contributed by atoms with van der Waals surface area (Å²) in [6, 6.07) is 10.7. The summed E-state index contributed by atoms with van der Waals surface area (Å²) in [6.45, 7) is 0.0609. The molecule has 0 unspecified atom stereocenters. The van der Waals surface area contributed by atoms with Gasteiger partial charge in [0.15, 0.2) is 0 Å². The molecule has 1 saturated carbocycles. The molecule has 2 aromatic carbocycles. The van der Waals surface area contributed by atoms with Crippen LogP contribution in [0, 0.1) is 11.6 Å². The maximum Gasteiger partial charge on any atom is 0.261 e. The average Bonchev–Trinajstić information content (AvgIpc) is 3.52. The summed E-state index contributed by atoms with van der Waals surface area (Å²) in [4.78, 5) is 31.0. The molecule has 0 spiro atoms. The van der Waals surface area contributed by atoms with Gasteiger partial charge >= 0.3 is 0 Å². The number of nitrogens with zero attached hydrogens (tertiary/aromatic N) is 3. The fourth-order valence-corrected chi connectivity index (χ4v) is 3.29. The predicted molar refractivity (Wildman–Crippen MR) is 101 cm³/mol. The SMILES string of the molecule is O=C(CCn1cnc2ccccc2c1=O)N(Cc1c(F)cccc1F)C1CC1. The van der Waals surface area contributed by atoms with E-state index in [0.717, 1.165) is 12.8 Å². The molecule has 1 heterocycles. The largest absolute Gasteiger partial charge is 0.335 e. The van der Waals surface area contributed by atoms with Gasteiger partial charge in [0.25, 0.3) is 5.56 Å². The number of benzene rings is 2. The number of para-hydroxylation sites is 1. The van der Waals surface area contributed by atoms with Crippen LogP contribution in [-0.2, 0) is 17.9 Å². The first kappa shape index (κ1) is 18.3. The number of carbonyl (C=O) groups is 1. The first-order valence-electron chi connectivity index (χ1n) is 9.21. The Bertz CT molecular complexity index is 1070. The van der Waals surface area contributed by atoms with E-state index in [0.29, 0.717) is 10.9 Å². The summed E-state index contributed by atoms with van der Waals surface area (Å²) in [6.07, 6.45) is 3.13. The topological polar surface area (TPSA) is 55.2 Å². The maximum atomic E-state index is 14.0. The molecule has 144 valence electrons. The van der Waals surface area contributed by atoms with Crippen molar-refractivity contribution in [3.63, 3.8) is 0 Å². The Kier molecular flexibility index (Phi) is 4.90. The molecule has 0 atom stereocenters. The van der Waals surface area contributed by atoms with Crippen molar-refractivity contribution in [1.29, 1.82) is 0 Å². The van der Waals surface area contributed by atoms with Crippen molar-refractivity contribution < 1.29 is 13.6 Å². The van der Waals surface area contributed by atoms with Crippen molar-refractivity contribution in [2.24, 2.45) is 0 Å². The number of halogens is 2. The zero-order valence-corrected chi connectivity index (χ0v) is 15.1. The molecule has 0 saturated heterocycles. The zero-order valence-electron chi connectivity index (χ0n) is 15.1. The van der Waals surface area contributed by atoms with Crippen molar-refractivity contribution in [2.75, 3.05) is 0 Å². The van der Waals surface area contributed by atoms with Crippen LogP contribution in [0.2, 0.25) is 0 Å². The molecule has 1 aliphatic rings. The van der Waals surface area contributed by atoms with Crippen LogP contribution in [0.1, 0.15) is 24.8 Å². The lowest BCUT2D eigenvalue weighted by atomic mass is 10.1. The molecule has 1 aromatic heterocycles. The first-order valence-corrected chi connectivity index (χ1v) is 9.21. The highest BCUT2D eigenvalue weighted by molar-refractivity contribution is 5.78. The summed E-state index contributed by atoms with van der Waals surface area (Å²) in [5.74, 6) is -1.55. The molecule has 1 aliphatic carbocycles. The van der Waals surface area contributed by atoms with Crippen LogP contribution in [0.3, 0.4) is 0 Å². The summed E-state index contributed by atoms with van der Waals surface area (Å²) in [5.41, 5.74) is 0.286. The normalized spacial score (nSPS) is 13.6. The van der Waals surface area contributed by atoms with Gasteiger partial charge in [-0.15, -0.1) is 0 Å². The van der Waals surface area contributed by atoms with E-state index < -0.39 is 11.6 Å². The molecule has 7 heteroatoms. The number of fused-ring (bicyclic) bond motifs is 1. The summed E-state index contributed by atoms with van der Waals surface area (Å²) < 4.78 is 29.4. The molecule has 5 nitrogen and oxygen atoms in total. The molecule has 1 fully saturated rings. The van der Waals surface area contributed by atoms with Gasteiger partial charge in [0.1, 0.15) is 11.6 Å². The van der Waals surface area contributed by atoms with Crippen molar-refractivity contribution >= 4 is 16.8 Å². The van der Waals surface area contributed by atoms with Gasteiger partial charge in [-0.2, -0.15) is 0 Å². The molecule has 0 radical (unpaired) electrons. The van der Waals surface area contributed by atoms with Crippen LogP contribution < -0.4 is 5.56 Å². The molecular weight excluding hydrogens is 364 g/mol. The number of hydrogen-bond acceptors (Lipinski definition) is 3. The van der Waals surface area contributed by atoms with Gasteiger partial charge in [-0.05, 0) is 37.1 Å². The third kappa shape index (κ3) is 3.65. The summed E-state index contributed by atoms with van der Waals surface area (Å²) >= 11 is 0. The molecule has 0 bridgehead atoms. The number of aromatic nitrogens is 2. The fraction of sp³-hybridized carbons (Fsp3) is 0.286. The Morgan fingerprint density at radius 2 is 1.82 bits per heavy atom. The zero-order chi connectivity index (χ0) is 19.7. The molecule has 0 N–H and O–H groups in total. The smallest absolute Gasteiger partial charge is 0.261 e. The lowest BCUT2D eigenvalue weighted by Crippen LogP contribution is -2.34. The van der Waals surface area contributed by atoms with Gasteiger partial charge in [-0.3, -0.25) is 14.2 Å². The number of carbonyl (C=O) groups excluding carboxylic acids is 1. The second-order valence-corrected chi connectivity index (χ2v) is 6.96. The van der Waals surface area contributed by atoms with E-state index in [9.17, 15) is 18.4 Å². The number of amides is 1. The van der Waals surface area contributed by atoms with E-state index in [1.54, 1.807) is 24.3 Å². The van der Waals surface area contributed by atoms with Gasteiger partial charge in [0.2, 0.25) is 5.91 Å². The van der Waals surface area contributed by atoms with E-state index in [2.05, 4.69) is 4.98 Å². The van der Waals surface area contributed by atoms with Crippen molar-refractivity contribution in [1.82, 2.24) is 14.5 Å². The van der Waals surface area contributed by atoms with Crippen LogP contribution in [0.25, 0.3) is 10.9 Å². The second kappa shape index (κ2) is 7.50.